The summed E-state index contributed by atoms with van der Waals surface area (Å²) in [6.07, 6.45) is 0.493. The van der Waals surface area contributed by atoms with E-state index < -0.39 is 5.97 Å². The molecule has 1 saturated carbocycles. The molecule has 4 rings (SSSR count). The minimum atomic E-state index is -1.29. The molecular weight excluding hydrogens is 403 g/mol. The fourth-order valence-corrected chi connectivity index (χ4v) is 4.42. The molecule has 1 aromatic carbocycles. The molecule has 1 aliphatic carbocycles. The summed E-state index contributed by atoms with van der Waals surface area (Å²) in [6.45, 7) is 3.09. The molecule has 10 heteroatoms. The van der Waals surface area contributed by atoms with Crippen molar-refractivity contribution in [1.29, 1.82) is 0 Å². The minimum Gasteiger partial charge on any atom is 0.105 e. The standard InChI is InChI=1S/C21H27BN2O7/c1-24(2)5-6-30-12(11-24)7-18(25)23-9-13(10-23)31-17-4-3-14(15-8-16(15)22-29)20(26)19(17)21(27)28/h3-4,12-13,15-16H,5-11H2,1-2H3,(H-,26,27,28)/p+1/t12-,15-,16-/m1/s1. The van der Waals surface area contributed by atoms with Gasteiger partial charge in [-0.25, -0.2) is 0 Å². The van der Waals surface area contributed by atoms with Crippen molar-refractivity contribution in [2.75, 3.05) is 46.9 Å². The number of carbonyl (C=O) groups excluding carboxylic acids is 1. The van der Waals surface area contributed by atoms with Gasteiger partial charge in [0.05, 0.1) is 20.7 Å². The van der Waals surface area contributed by atoms with Crippen LogP contribution in [0.2, 0.25) is 5.82 Å². The van der Waals surface area contributed by atoms with Crippen LogP contribution >= 0.6 is 0 Å². The Hall–Kier alpha value is -2.46. The van der Waals surface area contributed by atoms with Gasteiger partial charge < -0.3 is 9.22 Å². The number of hydrogen-bond acceptors (Lipinski definition) is 6. The Morgan fingerprint density at radius 2 is 2.06 bits per heavy atom. The van der Waals surface area contributed by atoms with Gasteiger partial charge in [0.1, 0.15) is 19.2 Å². The van der Waals surface area contributed by atoms with Crippen LogP contribution in [0.4, 0.5) is 0 Å². The van der Waals surface area contributed by atoms with E-state index in [2.05, 4.69) is 14.1 Å². The van der Waals surface area contributed by atoms with Crippen molar-refractivity contribution in [2.24, 2.45) is 0 Å². The Morgan fingerprint density at radius 1 is 1.32 bits per heavy atom. The van der Waals surface area contributed by atoms with Crippen LogP contribution in [0.15, 0.2) is 12.1 Å². The van der Waals surface area contributed by atoms with E-state index in [4.69, 9.17) is 9.47 Å². The van der Waals surface area contributed by atoms with Crippen LogP contribution in [0, 0.1) is 0 Å². The third-order valence-electron chi connectivity index (χ3n) is 6.44. The van der Waals surface area contributed by atoms with E-state index in [1.165, 1.54) is 6.07 Å². The van der Waals surface area contributed by atoms with Gasteiger partial charge in [-0.2, -0.15) is 0 Å². The molecular formula is C21H28BN2O7+. The molecule has 31 heavy (non-hydrogen) atoms. The van der Waals surface area contributed by atoms with E-state index in [0.717, 1.165) is 24.7 Å². The SMILES string of the molecule is C[N+]1(C)CCO[C@H](CC(=O)N2CC(Oc3ccc([C@H]4C[C@H]4B=O)c(O)c3C(=O)O)C2)C1. The van der Waals surface area contributed by atoms with Gasteiger partial charge in [-0.3, -0.25) is 0 Å². The molecule has 0 radical (unpaired) electrons. The number of aromatic hydroxyl groups is 1. The molecule has 2 N–H and O–H groups in total. The number of phenols is 1. The van der Waals surface area contributed by atoms with E-state index in [1.807, 2.05) is 0 Å². The number of morpholine rings is 1. The molecule has 166 valence electrons. The smallest absolute Gasteiger partial charge is 0.105 e. The maximum Gasteiger partial charge on any atom is 0.105 e. The first-order valence-corrected chi connectivity index (χ1v) is 10.6. The zero-order valence-corrected chi connectivity index (χ0v) is 17.8. The zero-order chi connectivity index (χ0) is 22.3. The van der Waals surface area contributed by atoms with Gasteiger partial charge in [0, 0.05) is 0 Å². The number of nitrogens with zero attached hydrogens (tertiary/aromatic N) is 2. The first-order valence-electron chi connectivity index (χ1n) is 10.6. The normalized spacial score (nSPS) is 27.2. The third kappa shape index (κ3) is 4.59. The predicted octanol–water partition coefficient (Wildman–Crippen LogP) is 0.871. The second-order valence-electron chi connectivity index (χ2n) is 9.40. The molecule has 3 aliphatic rings. The van der Waals surface area contributed by atoms with Crippen molar-refractivity contribution in [3.63, 3.8) is 0 Å². The number of rotatable bonds is 7. The summed E-state index contributed by atoms with van der Waals surface area (Å²) in [5.74, 6) is -1.89. The van der Waals surface area contributed by atoms with Crippen LogP contribution in [0.5, 0.6) is 11.5 Å². The van der Waals surface area contributed by atoms with E-state index in [1.54, 1.807) is 11.0 Å². The van der Waals surface area contributed by atoms with Gasteiger partial charge in [-0.05, 0) is 0 Å². The summed E-state index contributed by atoms with van der Waals surface area (Å²) in [5, 5.41) is 20.1. The van der Waals surface area contributed by atoms with Gasteiger partial charge in [-0.15, -0.1) is 0 Å². The van der Waals surface area contributed by atoms with Crippen molar-refractivity contribution < 1.29 is 38.5 Å². The zero-order valence-electron chi connectivity index (χ0n) is 17.8. The van der Waals surface area contributed by atoms with E-state index in [0.29, 0.717) is 38.1 Å². The predicted molar refractivity (Wildman–Crippen MR) is 110 cm³/mol. The summed E-state index contributed by atoms with van der Waals surface area (Å²) in [7, 11) is 5.07. The first-order chi connectivity index (χ1) is 14.7. The number of ether oxygens (including phenoxy) is 2. The summed E-state index contributed by atoms with van der Waals surface area (Å²) in [6, 6.07) is 3.15. The number of amides is 1. The van der Waals surface area contributed by atoms with Gasteiger partial charge in [0.15, 0.2) is 0 Å². The number of carboxylic acids is 1. The molecule has 0 bridgehead atoms. The second-order valence-corrected chi connectivity index (χ2v) is 9.40. The van der Waals surface area contributed by atoms with Crippen LogP contribution in [0.25, 0.3) is 0 Å². The Bertz CT molecular complexity index is 900. The monoisotopic (exact) mass is 431 g/mol. The van der Waals surface area contributed by atoms with Crippen LogP contribution in [0.1, 0.15) is 34.7 Å². The number of likely N-dealkylation sites (N-methyl/N-ethyl adjacent to an activating group) is 1. The first kappa shape index (κ1) is 21.8. The van der Waals surface area contributed by atoms with Gasteiger partial charge >= 0.3 is 132 Å². The van der Waals surface area contributed by atoms with Crippen molar-refractivity contribution in [3.05, 3.63) is 23.3 Å². The maximum atomic E-state index is 12.5. The van der Waals surface area contributed by atoms with Gasteiger partial charge in [0.25, 0.3) is 0 Å². The van der Waals surface area contributed by atoms with Crippen molar-refractivity contribution in [2.45, 2.75) is 36.8 Å². The molecule has 2 aliphatic heterocycles. The van der Waals surface area contributed by atoms with Crippen LogP contribution in [0.3, 0.4) is 0 Å². The summed E-state index contributed by atoms with van der Waals surface area (Å²) >= 11 is 0. The fourth-order valence-electron chi connectivity index (χ4n) is 4.42. The Morgan fingerprint density at radius 3 is 2.68 bits per heavy atom. The van der Waals surface area contributed by atoms with E-state index in [-0.39, 0.29) is 46.9 Å². The number of aromatic carboxylic acids is 1. The topological polar surface area (TPSA) is 113 Å². The Kier molecular flexibility index (Phi) is 5.78. The van der Waals surface area contributed by atoms with Crippen molar-refractivity contribution >= 4 is 19.0 Å². The molecule has 0 spiro atoms. The average molecular weight is 431 g/mol. The van der Waals surface area contributed by atoms with Crippen LogP contribution in [-0.2, 0) is 14.2 Å². The maximum absolute atomic E-state index is 12.5. The molecule has 0 aromatic heterocycles. The minimum absolute atomic E-state index is 0.00274. The molecule has 3 atom stereocenters. The second kappa shape index (κ2) is 8.24. The van der Waals surface area contributed by atoms with Crippen LogP contribution in [-0.4, -0.2) is 97.7 Å². The summed E-state index contributed by atoms with van der Waals surface area (Å²) in [4.78, 5) is 25.9. The molecule has 2 saturated heterocycles. The number of benzene rings is 1. The fraction of sp³-hybridized carbons (Fsp3) is 0.619. The number of quaternary nitrogens is 1. The summed E-state index contributed by atoms with van der Waals surface area (Å²) < 4.78 is 23.3. The number of carbonyl (C=O) groups is 2. The van der Waals surface area contributed by atoms with E-state index in [9.17, 15) is 24.5 Å². The Labute approximate surface area is 181 Å². The molecule has 1 aromatic rings. The molecule has 9 nitrogen and oxygen atoms in total. The van der Waals surface area contributed by atoms with Crippen LogP contribution < -0.4 is 4.74 Å². The summed E-state index contributed by atoms with van der Waals surface area (Å²) in [5.41, 5.74) is 0.163. The van der Waals surface area contributed by atoms with Crippen molar-refractivity contribution in [3.8, 4) is 11.5 Å². The largest absolute Gasteiger partial charge is 0.105 e. The third-order valence-corrected chi connectivity index (χ3v) is 6.44. The molecule has 0 unspecified atom stereocenters. The molecule has 3 fully saturated rings. The van der Waals surface area contributed by atoms with Gasteiger partial charge in [-0.1, -0.05) is 0 Å². The molecule has 2 heterocycles. The van der Waals surface area contributed by atoms with E-state index >= 15 is 0 Å². The van der Waals surface area contributed by atoms with Gasteiger partial charge in [0.2, 0.25) is 0 Å². The number of hydrogen-bond donors (Lipinski definition) is 2. The van der Waals surface area contributed by atoms with Crippen molar-refractivity contribution in [1.82, 2.24) is 4.90 Å². The number of carboxylic acid groups (broad SMARTS) is 1. The number of likely N-dealkylation sites (tertiary alicyclic amines) is 1. The molecule has 1 amide bonds. The average Bonchev–Trinajstić information content (AvgIpc) is 3.42. The Balaban J connectivity index is 1.35. The quantitative estimate of drug-likeness (QED) is 0.487.